The third-order valence-corrected chi connectivity index (χ3v) is 5.82. The predicted octanol–water partition coefficient (Wildman–Crippen LogP) is 6.80. The number of benzene rings is 3. The number of carbonyl (C=O) groups is 3. The zero-order chi connectivity index (χ0) is 27.6. The molecule has 0 unspecified atom stereocenters. The van der Waals surface area contributed by atoms with Crippen LogP contribution in [0.1, 0.15) is 49.2 Å². The maximum Gasteiger partial charge on any atom is 0.344 e. The molecule has 0 aromatic heterocycles. The van der Waals surface area contributed by atoms with Crippen LogP contribution in [-0.2, 0) is 23.8 Å². The topological polar surface area (TPSA) is 88.1 Å². The van der Waals surface area contributed by atoms with E-state index in [0.29, 0.717) is 29.7 Å². The average Bonchev–Trinajstić information content (AvgIpc) is 2.95. The zero-order valence-electron chi connectivity index (χ0n) is 22.0. The molecule has 218 valence electrons. The molecule has 0 aliphatic carbocycles. The van der Waals surface area contributed by atoms with Crippen molar-refractivity contribution in [3.05, 3.63) is 95.6 Å². The van der Waals surface area contributed by atoms with Gasteiger partial charge in [-0.3, -0.25) is 4.79 Å². The quantitative estimate of drug-likeness (QED) is 0.0960. The molecular formula is C32H42O7S. The van der Waals surface area contributed by atoms with E-state index in [4.69, 9.17) is 14.2 Å². The van der Waals surface area contributed by atoms with Gasteiger partial charge in [-0.25, -0.2) is 9.59 Å². The Morgan fingerprint density at radius 3 is 1.88 bits per heavy atom. The molecular weight excluding hydrogens is 528 g/mol. The fraction of sp³-hybridized carbons (Fsp3) is 0.344. The van der Waals surface area contributed by atoms with Gasteiger partial charge in [0.15, 0.2) is 12.4 Å². The number of unbranched alkanes of at least 4 members (excludes halogenated alkanes) is 1. The van der Waals surface area contributed by atoms with Crippen LogP contribution in [0, 0.1) is 6.92 Å². The van der Waals surface area contributed by atoms with Gasteiger partial charge in [0.2, 0.25) is 0 Å². The van der Waals surface area contributed by atoms with Gasteiger partial charge >= 0.3 is 11.9 Å². The van der Waals surface area contributed by atoms with Crippen LogP contribution in [0.3, 0.4) is 0 Å². The Balaban J connectivity index is 0.00000118. The summed E-state index contributed by atoms with van der Waals surface area (Å²) in [6, 6.07) is 24.1. The number of rotatable bonds is 13. The summed E-state index contributed by atoms with van der Waals surface area (Å²) in [6.07, 6.45) is 3.23. The van der Waals surface area contributed by atoms with Gasteiger partial charge in [-0.2, -0.15) is 0 Å². The molecule has 0 aliphatic heterocycles. The molecule has 0 saturated carbocycles. The first-order valence-corrected chi connectivity index (χ1v) is 13.4. The van der Waals surface area contributed by atoms with Crippen LogP contribution >= 0.6 is 11.8 Å². The molecule has 0 atom stereocenters. The van der Waals surface area contributed by atoms with Crippen molar-refractivity contribution < 1.29 is 33.3 Å². The number of thioether (sulfide) groups is 1. The van der Waals surface area contributed by atoms with Crippen molar-refractivity contribution in [3.63, 3.8) is 0 Å². The second kappa shape index (κ2) is 21.2. The molecule has 0 N–H and O–H groups in total. The molecule has 0 amide bonds. The molecule has 0 bridgehead atoms. The van der Waals surface area contributed by atoms with Gasteiger partial charge in [0.1, 0.15) is 12.4 Å². The van der Waals surface area contributed by atoms with E-state index in [-0.39, 0.29) is 47.1 Å². The highest BCUT2D eigenvalue weighted by atomic mass is 32.2. The van der Waals surface area contributed by atoms with Gasteiger partial charge in [-0.05, 0) is 50.3 Å². The molecule has 0 radical (unpaired) electrons. The first-order chi connectivity index (χ1) is 18.4. The van der Waals surface area contributed by atoms with E-state index >= 15 is 0 Å². The molecule has 0 aliphatic rings. The van der Waals surface area contributed by atoms with E-state index in [1.807, 2.05) is 6.07 Å². The summed E-state index contributed by atoms with van der Waals surface area (Å²) < 4.78 is 20.0. The molecule has 3 aromatic carbocycles. The van der Waals surface area contributed by atoms with Crippen molar-refractivity contribution in [3.8, 4) is 5.75 Å². The molecule has 3 rings (SSSR count). The predicted molar refractivity (Wildman–Crippen MR) is 161 cm³/mol. The van der Waals surface area contributed by atoms with Crippen molar-refractivity contribution >= 4 is 29.5 Å². The summed E-state index contributed by atoms with van der Waals surface area (Å²) >= 11 is 1.78. The zero-order valence-corrected chi connectivity index (χ0v) is 22.8. The lowest BCUT2D eigenvalue weighted by Gasteiger charge is -2.08. The number of esters is 2. The minimum absolute atomic E-state index is 0. The first-order valence-electron chi connectivity index (χ1n) is 12.2. The summed E-state index contributed by atoms with van der Waals surface area (Å²) in [7, 11) is 1.42. The SMILES string of the molecule is C.C.COCC(=O)OCCCCOC(=O)COc1cccc(C(=O)c2ccccc2)c1.CSc1ccc(C)cc1. The Labute approximate surface area is 243 Å². The van der Waals surface area contributed by atoms with Gasteiger partial charge in [0.25, 0.3) is 0 Å². The number of hydrogen-bond acceptors (Lipinski definition) is 8. The van der Waals surface area contributed by atoms with Crippen LogP contribution in [0.5, 0.6) is 5.75 Å². The fourth-order valence-corrected chi connectivity index (χ4v) is 3.49. The second-order valence-electron chi connectivity index (χ2n) is 8.11. The first kappa shape index (κ1) is 36.4. The van der Waals surface area contributed by atoms with E-state index in [1.165, 1.54) is 17.6 Å². The molecule has 0 spiro atoms. The van der Waals surface area contributed by atoms with Crippen LogP contribution in [0.15, 0.2) is 83.8 Å². The number of methoxy groups -OCH3 is 1. The molecule has 0 saturated heterocycles. The molecule has 40 heavy (non-hydrogen) atoms. The smallest absolute Gasteiger partial charge is 0.344 e. The Morgan fingerprint density at radius 2 is 1.30 bits per heavy atom. The normalized spacial score (nSPS) is 9.57. The average molecular weight is 571 g/mol. The second-order valence-corrected chi connectivity index (χ2v) is 8.99. The lowest BCUT2D eigenvalue weighted by molar-refractivity contribution is -0.149. The van der Waals surface area contributed by atoms with Gasteiger partial charge in [0, 0.05) is 23.1 Å². The monoisotopic (exact) mass is 570 g/mol. The van der Waals surface area contributed by atoms with Crippen LogP contribution in [0.4, 0.5) is 0 Å². The van der Waals surface area contributed by atoms with Crippen LogP contribution < -0.4 is 4.74 Å². The lowest BCUT2D eigenvalue weighted by atomic mass is 10.0. The van der Waals surface area contributed by atoms with Gasteiger partial charge in [-0.1, -0.05) is 75.0 Å². The molecule has 8 heteroatoms. The summed E-state index contributed by atoms with van der Waals surface area (Å²) in [5, 5.41) is 0. The fourth-order valence-electron chi connectivity index (χ4n) is 3.08. The highest BCUT2D eigenvalue weighted by molar-refractivity contribution is 7.98. The van der Waals surface area contributed by atoms with Gasteiger partial charge in [-0.15, -0.1) is 11.8 Å². The maximum absolute atomic E-state index is 12.5. The molecule has 7 nitrogen and oxygen atoms in total. The minimum Gasteiger partial charge on any atom is -0.482 e. The lowest BCUT2D eigenvalue weighted by Crippen LogP contribution is -2.16. The van der Waals surface area contributed by atoms with Crippen LogP contribution in [0.2, 0.25) is 0 Å². The minimum atomic E-state index is -0.513. The van der Waals surface area contributed by atoms with E-state index in [0.717, 1.165) is 0 Å². The number of aryl methyl sites for hydroxylation is 1. The number of ether oxygens (including phenoxy) is 4. The standard InChI is InChI=1S/C22H24O7.C8H10S.2CH4/c1-26-15-20(23)27-12-5-6-13-28-21(24)16-29-19-11-7-10-18(14-19)22(25)17-8-3-2-4-9-17;1-7-3-5-8(9-2)6-4-7;;/h2-4,7-11,14H,5-6,12-13,15-16H2,1H3;3-6H,1-2H3;2*1H4. The molecule has 0 fully saturated rings. The molecule has 0 heterocycles. The van der Waals surface area contributed by atoms with E-state index in [2.05, 4.69) is 42.2 Å². The largest absolute Gasteiger partial charge is 0.482 e. The summed E-state index contributed by atoms with van der Waals surface area (Å²) in [6.45, 7) is 2.22. The van der Waals surface area contributed by atoms with Crippen molar-refractivity contribution in [1.29, 1.82) is 0 Å². The van der Waals surface area contributed by atoms with Crippen molar-refractivity contribution in [2.24, 2.45) is 0 Å². The Hall–Kier alpha value is -3.62. The number of carbonyl (C=O) groups excluding carboxylic acids is 3. The van der Waals surface area contributed by atoms with Crippen molar-refractivity contribution in [2.75, 3.05) is 39.8 Å². The summed E-state index contributed by atoms with van der Waals surface area (Å²) in [5.41, 5.74) is 2.38. The highest BCUT2D eigenvalue weighted by Crippen LogP contribution is 2.17. The highest BCUT2D eigenvalue weighted by Gasteiger charge is 2.10. The van der Waals surface area contributed by atoms with Gasteiger partial charge < -0.3 is 18.9 Å². The number of ketones is 1. The van der Waals surface area contributed by atoms with Crippen molar-refractivity contribution in [2.45, 2.75) is 39.5 Å². The Kier molecular flexibility index (Phi) is 19.3. The summed E-state index contributed by atoms with van der Waals surface area (Å²) in [5.74, 6) is -0.648. The summed E-state index contributed by atoms with van der Waals surface area (Å²) in [4.78, 5) is 36.6. The third-order valence-electron chi connectivity index (χ3n) is 5.07. The van der Waals surface area contributed by atoms with Gasteiger partial charge in [0.05, 0.1) is 13.2 Å². The van der Waals surface area contributed by atoms with E-state index < -0.39 is 11.9 Å². The Bertz CT molecular complexity index is 1130. The van der Waals surface area contributed by atoms with Crippen LogP contribution in [0.25, 0.3) is 0 Å². The van der Waals surface area contributed by atoms with E-state index in [9.17, 15) is 14.4 Å². The number of hydrogen-bond donors (Lipinski definition) is 0. The van der Waals surface area contributed by atoms with Crippen LogP contribution in [-0.4, -0.2) is 57.5 Å². The van der Waals surface area contributed by atoms with E-state index in [1.54, 1.807) is 60.3 Å². The Morgan fingerprint density at radius 1 is 0.725 bits per heavy atom. The molecule has 3 aromatic rings. The third kappa shape index (κ3) is 14.5. The van der Waals surface area contributed by atoms with Crippen molar-refractivity contribution in [1.82, 2.24) is 0 Å². The maximum atomic E-state index is 12.5.